The molecule has 10 rings (SSSR count). The maximum absolute atomic E-state index is 10.1. The van der Waals surface area contributed by atoms with E-state index in [4.69, 9.17) is 6.57 Å². The first-order chi connectivity index (χ1) is 25.7. The van der Waals surface area contributed by atoms with Crippen LogP contribution in [0.2, 0.25) is 0 Å². The van der Waals surface area contributed by atoms with Crippen LogP contribution in [-0.4, -0.2) is 0 Å². The van der Waals surface area contributed by atoms with Crippen LogP contribution in [0.3, 0.4) is 0 Å². The highest BCUT2D eigenvalue weighted by Crippen LogP contribution is 2.53. The van der Waals surface area contributed by atoms with Gasteiger partial charge in [-0.25, -0.2) is 4.85 Å². The molecule has 236 valence electrons. The van der Waals surface area contributed by atoms with Crippen molar-refractivity contribution in [2.24, 2.45) is 0 Å². The van der Waals surface area contributed by atoms with Gasteiger partial charge in [-0.05, 0) is 136 Å². The Morgan fingerprint density at radius 1 is 0.385 bits per heavy atom. The van der Waals surface area contributed by atoms with Crippen molar-refractivity contribution >= 4 is 48.8 Å². The number of hydrogen-bond donors (Lipinski definition) is 0. The summed E-state index contributed by atoms with van der Waals surface area (Å²) in [6.45, 7) is 8.08. The summed E-state index contributed by atoms with van der Waals surface area (Å²) in [5, 5.41) is 28.5. The van der Waals surface area contributed by atoms with Gasteiger partial charge in [0.25, 0.3) is 0 Å². The fourth-order valence-electron chi connectivity index (χ4n) is 8.38. The van der Waals surface area contributed by atoms with E-state index in [1.165, 1.54) is 33.0 Å². The van der Waals surface area contributed by atoms with Crippen LogP contribution in [0, 0.1) is 29.2 Å². The predicted octanol–water partition coefficient (Wildman–Crippen LogP) is 13.2. The third-order valence-corrected chi connectivity index (χ3v) is 10.7. The van der Waals surface area contributed by atoms with E-state index in [2.05, 4.69) is 102 Å². The molecule has 1 aliphatic rings. The number of hydrogen-bond acceptors (Lipinski definition) is 2. The lowest BCUT2D eigenvalue weighted by Crippen LogP contribution is -1.91. The standard InChI is InChI=1S/C49H25N3/c1-52-48-16-7-6-13-36(48)42-24-41-35-12-5-4-11-34(35)40(32-10-3-2-9-31(32)28-51)23-45(41)47-25-43-38-15-8-14-37-33(30-19-17-29(27-50)18-20-30)21-22-39(49(37)38)44(43)26-46(42)47/h2-26H. The van der Waals surface area contributed by atoms with Crippen LogP contribution >= 0.6 is 0 Å². The second kappa shape index (κ2) is 11.3. The van der Waals surface area contributed by atoms with Gasteiger partial charge in [0, 0.05) is 5.56 Å². The molecule has 0 saturated carbocycles. The molecule has 0 spiro atoms. The lowest BCUT2D eigenvalue weighted by molar-refractivity contribution is 1.48. The summed E-state index contributed by atoms with van der Waals surface area (Å²) in [6.07, 6.45) is 0. The molecule has 0 radical (unpaired) electrons. The maximum Gasteiger partial charge on any atom is 0.194 e. The Hall–Kier alpha value is -7.51. The Labute approximate surface area is 300 Å². The largest absolute Gasteiger partial charge is 0.238 e. The van der Waals surface area contributed by atoms with E-state index >= 15 is 0 Å². The van der Waals surface area contributed by atoms with Crippen LogP contribution in [0.4, 0.5) is 5.69 Å². The minimum Gasteiger partial charge on any atom is -0.238 e. The molecule has 9 aromatic carbocycles. The summed E-state index contributed by atoms with van der Waals surface area (Å²) in [6, 6.07) is 56.8. The summed E-state index contributed by atoms with van der Waals surface area (Å²) in [5.41, 5.74) is 12.7. The van der Waals surface area contributed by atoms with Crippen LogP contribution in [0.1, 0.15) is 11.1 Å². The van der Waals surface area contributed by atoms with Gasteiger partial charge < -0.3 is 0 Å². The fourth-order valence-corrected chi connectivity index (χ4v) is 8.38. The number of rotatable bonds is 3. The van der Waals surface area contributed by atoms with Gasteiger partial charge in [0.2, 0.25) is 0 Å². The average molecular weight is 656 g/mol. The highest BCUT2D eigenvalue weighted by atomic mass is 14.6. The topological polar surface area (TPSA) is 51.9 Å². The second-order valence-electron chi connectivity index (χ2n) is 13.3. The van der Waals surface area contributed by atoms with E-state index in [-0.39, 0.29) is 0 Å². The van der Waals surface area contributed by atoms with Gasteiger partial charge >= 0.3 is 0 Å². The smallest absolute Gasteiger partial charge is 0.194 e. The molecule has 0 aliphatic heterocycles. The molecule has 0 bridgehead atoms. The molecule has 0 atom stereocenters. The Bertz CT molecular complexity index is 3150. The number of nitrogens with zero attached hydrogens (tertiary/aromatic N) is 3. The lowest BCUT2D eigenvalue weighted by atomic mass is 9.85. The molecule has 0 amide bonds. The number of fused-ring (bicyclic) bond motifs is 8. The van der Waals surface area contributed by atoms with Crippen molar-refractivity contribution < 1.29 is 0 Å². The number of benzene rings is 9. The molecule has 0 saturated heterocycles. The van der Waals surface area contributed by atoms with E-state index < -0.39 is 0 Å². The van der Waals surface area contributed by atoms with Crippen molar-refractivity contribution in [1.29, 1.82) is 10.5 Å². The molecule has 9 aromatic rings. The van der Waals surface area contributed by atoms with Crippen molar-refractivity contribution in [3.63, 3.8) is 0 Å². The molecule has 52 heavy (non-hydrogen) atoms. The molecule has 3 nitrogen and oxygen atoms in total. The molecule has 1 aliphatic carbocycles. The van der Waals surface area contributed by atoms with Crippen LogP contribution in [-0.2, 0) is 0 Å². The molecule has 3 heteroatoms. The fraction of sp³-hybridized carbons (Fsp3) is 0. The van der Waals surface area contributed by atoms with Crippen LogP contribution in [0.5, 0.6) is 0 Å². The Morgan fingerprint density at radius 2 is 0.942 bits per heavy atom. The number of nitriles is 2. The van der Waals surface area contributed by atoms with Crippen molar-refractivity contribution in [2.75, 3.05) is 0 Å². The molecule has 0 fully saturated rings. The third kappa shape index (κ3) is 4.17. The third-order valence-electron chi connectivity index (χ3n) is 10.7. The summed E-state index contributed by atoms with van der Waals surface area (Å²) >= 11 is 0. The molecule has 0 aromatic heterocycles. The quantitative estimate of drug-likeness (QED) is 0.140. The summed E-state index contributed by atoms with van der Waals surface area (Å²) in [4.78, 5) is 3.96. The van der Waals surface area contributed by atoms with Gasteiger partial charge in [0.1, 0.15) is 0 Å². The Balaban J connectivity index is 1.34. The molecule has 0 N–H and O–H groups in total. The summed E-state index contributed by atoms with van der Waals surface area (Å²) < 4.78 is 0. The van der Waals surface area contributed by atoms with E-state index in [1.54, 1.807) is 0 Å². The normalized spacial score (nSPS) is 11.4. The van der Waals surface area contributed by atoms with E-state index in [1.807, 2.05) is 66.7 Å². The monoisotopic (exact) mass is 655 g/mol. The second-order valence-corrected chi connectivity index (χ2v) is 13.3. The van der Waals surface area contributed by atoms with Crippen LogP contribution in [0.25, 0.3) is 104 Å². The number of para-hydroxylation sites is 1. The van der Waals surface area contributed by atoms with Crippen molar-refractivity contribution in [1.82, 2.24) is 0 Å². The first kappa shape index (κ1) is 29.4. The molecule has 0 heterocycles. The summed E-state index contributed by atoms with van der Waals surface area (Å²) in [5.74, 6) is 0. The summed E-state index contributed by atoms with van der Waals surface area (Å²) in [7, 11) is 0. The van der Waals surface area contributed by atoms with Crippen molar-refractivity contribution in [3.05, 3.63) is 174 Å². The first-order valence-electron chi connectivity index (χ1n) is 17.2. The zero-order valence-corrected chi connectivity index (χ0v) is 27.8. The highest BCUT2D eigenvalue weighted by Gasteiger charge is 2.26. The predicted molar refractivity (Wildman–Crippen MR) is 213 cm³/mol. The van der Waals surface area contributed by atoms with E-state index in [9.17, 15) is 10.5 Å². The average Bonchev–Trinajstić information content (AvgIpc) is 3.53. The highest BCUT2D eigenvalue weighted by molar-refractivity contribution is 6.28. The van der Waals surface area contributed by atoms with Gasteiger partial charge in [-0.2, -0.15) is 10.5 Å². The minimum absolute atomic E-state index is 0.616. The zero-order chi connectivity index (χ0) is 34.9. The van der Waals surface area contributed by atoms with Crippen LogP contribution in [0.15, 0.2) is 152 Å². The van der Waals surface area contributed by atoms with Gasteiger partial charge in [0.05, 0.1) is 29.8 Å². The van der Waals surface area contributed by atoms with Crippen LogP contribution < -0.4 is 0 Å². The van der Waals surface area contributed by atoms with Crippen molar-refractivity contribution in [2.45, 2.75) is 0 Å². The minimum atomic E-state index is 0.616. The lowest BCUT2D eigenvalue weighted by Gasteiger charge is -2.18. The molecule has 0 unspecified atom stereocenters. The van der Waals surface area contributed by atoms with E-state index in [0.717, 1.165) is 65.7 Å². The maximum atomic E-state index is 10.1. The molecular formula is C49H25N3. The van der Waals surface area contributed by atoms with E-state index in [0.29, 0.717) is 16.8 Å². The van der Waals surface area contributed by atoms with Gasteiger partial charge in [-0.15, -0.1) is 0 Å². The Kier molecular flexibility index (Phi) is 6.37. The molecular weight excluding hydrogens is 631 g/mol. The van der Waals surface area contributed by atoms with Gasteiger partial charge in [-0.3, -0.25) is 0 Å². The first-order valence-corrected chi connectivity index (χ1v) is 17.2. The van der Waals surface area contributed by atoms with Gasteiger partial charge in [-0.1, -0.05) is 109 Å². The van der Waals surface area contributed by atoms with Crippen molar-refractivity contribution in [3.8, 4) is 67.8 Å². The zero-order valence-electron chi connectivity index (χ0n) is 27.8. The van der Waals surface area contributed by atoms with Gasteiger partial charge in [0.15, 0.2) is 5.69 Å². The SMILES string of the molecule is [C-]#[N+]c1ccccc1-c1cc2c3ccccc3c(-c3ccccc3C#N)cc2c2cc3c(cc12)-c1ccc(-c2ccc(C#N)cc2)c2cccc-3c12. The Morgan fingerprint density at radius 3 is 1.71 bits per heavy atom.